The van der Waals surface area contributed by atoms with Gasteiger partial charge in [-0.25, -0.2) is 9.97 Å². The van der Waals surface area contributed by atoms with Crippen LogP contribution in [0.1, 0.15) is 40.2 Å². The number of carbonyl (C=O) groups is 1. The minimum atomic E-state index is -0.533. The lowest BCUT2D eigenvalue weighted by molar-refractivity contribution is 0.0998. The van der Waals surface area contributed by atoms with Gasteiger partial charge in [-0.1, -0.05) is 41.8 Å². The lowest BCUT2D eigenvalue weighted by Gasteiger charge is -2.38. The molecule has 0 atom stereocenters. The van der Waals surface area contributed by atoms with Gasteiger partial charge >= 0.3 is 5.91 Å². The average Bonchev–Trinajstić information content (AvgIpc) is 3.14. The zero-order valence-electron chi connectivity index (χ0n) is 18.5. The van der Waals surface area contributed by atoms with E-state index in [1.807, 2.05) is 11.9 Å². The first-order valence-electron chi connectivity index (χ1n) is 10.8. The van der Waals surface area contributed by atoms with Gasteiger partial charge in [0.05, 0.1) is 11.2 Å². The van der Waals surface area contributed by atoms with Crippen LogP contribution < -0.4 is 22.1 Å². The van der Waals surface area contributed by atoms with Crippen molar-refractivity contribution < 1.29 is 4.79 Å². The number of amides is 1. The Kier molecular flexibility index (Phi) is 6.52. The third-order valence-corrected chi connectivity index (χ3v) is 7.07. The zero-order chi connectivity index (χ0) is 22.7. The maximum atomic E-state index is 12.6. The van der Waals surface area contributed by atoms with Crippen molar-refractivity contribution in [3.8, 4) is 0 Å². The Bertz CT molecular complexity index is 1030. The van der Waals surface area contributed by atoms with E-state index < -0.39 is 5.91 Å². The number of nitrogen functional groups attached to an aromatic ring is 2. The molecule has 0 unspecified atom stereocenters. The van der Waals surface area contributed by atoms with Gasteiger partial charge in [0.2, 0.25) is 0 Å². The van der Waals surface area contributed by atoms with Crippen LogP contribution in [0.3, 0.4) is 0 Å². The number of hydrogen-bond acceptors (Lipinski definition) is 7. The highest BCUT2D eigenvalue weighted by molar-refractivity contribution is 7.97. The van der Waals surface area contributed by atoms with Crippen LogP contribution in [-0.2, 0) is 6.42 Å². The molecule has 0 aliphatic carbocycles. The number of aliphatic imine (C=N–C) groups is 1. The van der Waals surface area contributed by atoms with Gasteiger partial charge in [0, 0.05) is 25.4 Å². The summed E-state index contributed by atoms with van der Waals surface area (Å²) in [4.78, 5) is 24.8. The molecule has 0 saturated carbocycles. The van der Waals surface area contributed by atoms with E-state index in [4.69, 9.17) is 11.5 Å². The molecule has 32 heavy (non-hydrogen) atoms. The summed E-state index contributed by atoms with van der Waals surface area (Å²) in [5, 5.41) is 6.66. The summed E-state index contributed by atoms with van der Waals surface area (Å²) in [5.74, 6) is 1.21. The van der Waals surface area contributed by atoms with Gasteiger partial charge in [0.15, 0.2) is 17.5 Å². The normalized spacial score (nSPS) is 19.1. The highest BCUT2D eigenvalue weighted by atomic mass is 32.2. The average molecular weight is 455 g/mol. The third-order valence-electron chi connectivity index (χ3n) is 5.95. The van der Waals surface area contributed by atoms with Crippen LogP contribution in [0.2, 0.25) is 0 Å². The van der Waals surface area contributed by atoms with Crippen LogP contribution in [0.25, 0.3) is 0 Å². The van der Waals surface area contributed by atoms with Crippen LogP contribution in [0.4, 0.5) is 11.6 Å². The van der Waals surface area contributed by atoms with Gasteiger partial charge in [-0.15, -0.1) is 0 Å². The molecule has 0 radical (unpaired) electrons. The molecule has 2 saturated heterocycles. The molecular weight excluding hydrogens is 424 g/mol. The number of nitrogens with zero attached hydrogens (tertiary/aromatic N) is 4. The predicted octanol–water partition coefficient (Wildman–Crippen LogP) is 1.67. The second kappa shape index (κ2) is 9.33. The molecule has 3 heterocycles. The fourth-order valence-corrected chi connectivity index (χ4v) is 5.05. The van der Waals surface area contributed by atoms with E-state index in [9.17, 15) is 4.79 Å². The second-order valence-electron chi connectivity index (χ2n) is 8.45. The molecule has 9 nitrogen and oxygen atoms in total. The number of guanidine groups is 1. The van der Waals surface area contributed by atoms with Crippen LogP contribution in [0, 0.1) is 13.8 Å². The number of anilines is 2. The molecule has 1 amide bonds. The molecule has 1 aromatic heterocycles. The van der Waals surface area contributed by atoms with Crippen molar-refractivity contribution in [1.29, 1.82) is 0 Å². The standard InChI is InChI=1S/C22H30N8OS/c1-14-4-3-5-16(12-14)6-11-32-30-9-7-22(8-10-30)13-25-21(29-22)28-20(31)17-19(24)27-18(23)15(2)26-17/h3-5,12H,6-11,13H2,1-2H3,(H4,23,24,27)(H2,25,28,29,31). The summed E-state index contributed by atoms with van der Waals surface area (Å²) in [6.07, 6.45) is 3.03. The molecule has 2 aliphatic heterocycles. The van der Waals surface area contributed by atoms with Crippen molar-refractivity contribution in [2.45, 2.75) is 38.6 Å². The number of aromatic nitrogens is 2. The summed E-state index contributed by atoms with van der Waals surface area (Å²) >= 11 is 1.91. The summed E-state index contributed by atoms with van der Waals surface area (Å²) in [6.45, 7) is 6.53. The Hall–Kier alpha value is -2.85. The SMILES string of the molecule is Cc1cccc(CCSN2CCC3(CC2)CN/C(=N\C(=O)c2nc(C)c(N)nc2N)N3)c1. The Morgan fingerprint density at radius 1 is 1.22 bits per heavy atom. The van der Waals surface area contributed by atoms with Gasteiger partial charge in [-0.2, -0.15) is 4.99 Å². The first kappa shape index (κ1) is 22.3. The van der Waals surface area contributed by atoms with Crippen molar-refractivity contribution in [3.05, 3.63) is 46.8 Å². The van der Waals surface area contributed by atoms with E-state index in [2.05, 4.69) is 61.1 Å². The van der Waals surface area contributed by atoms with E-state index in [1.165, 1.54) is 11.1 Å². The molecule has 2 aliphatic rings. The van der Waals surface area contributed by atoms with Gasteiger partial charge in [0.1, 0.15) is 5.82 Å². The van der Waals surface area contributed by atoms with E-state index in [0.717, 1.165) is 44.6 Å². The van der Waals surface area contributed by atoms with E-state index >= 15 is 0 Å². The molecule has 2 fully saturated rings. The van der Waals surface area contributed by atoms with Crippen LogP contribution in [0.5, 0.6) is 0 Å². The molecule has 10 heteroatoms. The maximum absolute atomic E-state index is 12.6. The van der Waals surface area contributed by atoms with Crippen molar-refractivity contribution in [2.24, 2.45) is 4.99 Å². The Morgan fingerprint density at radius 3 is 2.75 bits per heavy atom. The number of nitrogens with one attached hydrogen (secondary N) is 2. The van der Waals surface area contributed by atoms with Crippen LogP contribution in [0.15, 0.2) is 29.3 Å². The number of aryl methyl sites for hydroxylation is 3. The number of carbonyl (C=O) groups excluding carboxylic acids is 1. The van der Waals surface area contributed by atoms with E-state index in [1.54, 1.807) is 6.92 Å². The fourth-order valence-electron chi connectivity index (χ4n) is 4.02. The van der Waals surface area contributed by atoms with Crippen molar-refractivity contribution in [2.75, 3.05) is 36.9 Å². The molecular formula is C22H30N8OS. The lowest BCUT2D eigenvalue weighted by Crippen LogP contribution is -2.51. The molecule has 1 aromatic carbocycles. The monoisotopic (exact) mass is 454 g/mol. The molecule has 0 bridgehead atoms. The summed E-state index contributed by atoms with van der Waals surface area (Å²) in [6, 6.07) is 8.71. The minimum absolute atomic E-state index is 0.00819. The highest BCUT2D eigenvalue weighted by Crippen LogP contribution is 2.28. The Labute approximate surface area is 192 Å². The predicted molar refractivity (Wildman–Crippen MR) is 129 cm³/mol. The molecule has 1 spiro atoms. The van der Waals surface area contributed by atoms with Crippen LogP contribution in [-0.4, -0.2) is 57.1 Å². The number of rotatable bonds is 5. The van der Waals surface area contributed by atoms with E-state index in [-0.39, 0.29) is 22.9 Å². The minimum Gasteiger partial charge on any atom is -0.382 e. The highest BCUT2D eigenvalue weighted by Gasteiger charge is 2.40. The fraction of sp³-hybridized carbons (Fsp3) is 0.455. The number of piperidine rings is 1. The first-order valence-corrected chi connectivity index (χ1v) is 11.8. The third kappa shape index (κ3) is 5.13. The summed E-state index contributed by atoms with van der Waals surface area (Å²) in [7, 11) is 0. The molecule has 4 rings (SSSR count). The Morgan fingerprint density at radius 2 is 2.00 bits per heavy atom. The van der Waals surface area contributed by atoms with Crippen molar-refractivity contribution >= 4 is 35.5 Å². The quantitative estimate of drug-likeness (QED) is 0.498. The number of benzene rings is 1. The largest absolute Gasteiger partial charge is 0.382 e. The summed E-state index contributed by atoms with van der Waals surface area (Å²) in [5.41, 5.74) is 14.6. The first-order chi connectivity index (χ1) is 15.3. The van der Waals surface area contributed by atoms with Gasteiger partial charge in [-0.05, 0) is 38.7 Å². The number of nitrogens with two attached hydrogens (primary N) is 2. The van der Waals surface area contributed by atoms with Gasteiger partial charge < -0.3 is 22.1 Å². The van der Waals surface area contributed by atoms with Crippen molar-refractivity contribution in [1.82, 2.24) is 24.9 Å². The Balaban J connectivity index is 1.28. The molecule has 2 aromatic rings. The number of hydrogen-bond donors (Lipinski definition) is 4. The van der Waals surface area contributed by atoms with Crippen molar-refractivity contribution in [3.63, 3.8) is 0 Å². The summed E-state index contributed by atoms with van der Waals surface area (Å²) < 4.78 is 2.44. The van der Waals surface area contributed by atoms with Gasteiger partial charge in [0.25, 0.3) is 0 Å². The second-order valence-corrected chi connectivity index (χ2v) is 9.64. The topological polar surface area (TPSA) is 135 Å². The zero-order valence-corrected chi connectivity index (χ0v) is 19.3. The maximum Gasteiger partial charge on any atom is 0.302 e. The molecule has 6 N–H and O–H groups in total. The van der Waals surface area contributed by atoms with Crippen LogP contribution >= 0.6 is 11.9 Å². The van der Waals surface area contributed by atoms with Gasteiger partial charge in [-0.3, -0.25) is 9.10 Å². The van der Waals surface area contributed by atoms with E-state index in [0.29, 0.717) is 11.7 Å². The lowest BCUT2D eigenvalue weighted by atomic mass is 9.90. The smallest absolute Gasteiger partial charge is 0.302 e. The molecule has 170 valence electrons.